The number of carbonyl (C=O) groups excluding carboxylic acids is 1. The molecule has 0 bridgehead atoms. The van der Waals surface area contributed by atoms with E-state index in [0.717, 1.165) is 29.0 Å². The van der Waals surface area contributed by atoms with Crippen molar-refractivity contribution in [2.75, 3.05) is 7.05 Å². The molecule has 0 spiro atoms. The Morgan fingerprint density at radius 1 is 1.07 bits per heavy atom. The van der Waals surface area contributed by atoms with Crippen LogP contribution in [0.4, 0.5) is 0 Å². The van der Waals surface area contributed by atoms with Crippen LogP contribution in [0.15, 0.2) is 67.0 Å². The minimum atomic E-state index is 0.0938. The van der Waals surface area contributed by atoms with Crippen LogP contribution in [0.5, 0.6) is 0 Å². The van der Waals surface area contributed by atoms with E-state index in [4.69, 9.17) is 0 Å². The van der Waals surface area contributed by atoms with Crippen LogP contribution in [0.3, 0.4) is 0 Å². The Bertz CT molecular complexity index is 1030. The zero-order chi connectivity index (χ0) is 19.3. The van der Waals surface area contributed by atoms with Gasteiger partial charge in [0.25, 0.3) is 0 Å². The van der Waals surface area contributed by atoms with Gasteiger partial charge in [-0.25, -0.2) is 4.98 Å². The zero-order valence-corrected chi connectivity index (χ0v) is 15.9. The number of imidazole rings is 1. The lowest BCUT2D eigenvalue weighted by atomic mass is 10.2. The number of benzene rings is 2. The molecule has 4 rings (SSSR count). The maximum Gasteiger partial charge on any atom is 0.223 e. The first-order chi connectivity index (χ1) is 13.7. The molecular formula is C22H23N5O. The summed E-state index contributed by atoms with van der Waals surface area (Å²) in [5.74, 6) is 0.940. The van der Waals surface area contributed by atoms with Crippen molar-refractivity contribution in [2.45, 2.75) is 25.9 Å². The molecule has 142 valence electrons. The summed E-state index contributed by atoms with van der Waals surface area (Å²) in [6, 6.07) is 18.1. The molecule has 0 radical (unpaired) electrons. The molecule has 0 atom stereocenters. The van der Waals surface area contributed by atoms with Gasteiger partial charge < -0.3 is 9.88 Å². The van der Waals surface area contributed by atoms with Gasteiger partial charge in [0.15, 0.2) is 0 Å². The average molecular weight is 373 g/mol. The van der Waals surface area contributed by atoms with E-state index in [9.17, 15) is 4.79 Å². The first-order valence-corrected chi connectivity index (χ1v) is 9.40. The molecule has 4 aromatic rings. The van der Waals surface area contributed by atoms with E-state index in [1.807, 2.05) is 66.6 Å². The van der Waals surface area contributed by atoms with Crippen LogP contribution < -0.4 is 0 Å². The molecular weight excluding hydrogens is 350 g/mol. The number of hydrogen-bond acceptors (Lipinski definition) is 3. The van der Waals surface area contributed by atoms with Crippen molar-refractivity contribution < 1.29 is 4.79 Å². The summed E-state index contributed by atoms with van der Waals surface area (Å²) in [4.78, 5) is 22.0. The topological polar surface area (TPSA) is 66.8 Å². The number of H-pyrrole nitrogens is 1. The minimum absolute atomic E-state index is 0.0938. The highest BCUT2D eigenvalue weighted by atomic mass is 16.2. The van der Waals surface area contributed by atoms with Crippen molar-refractivity contribution in [3.63, 3.8) is 0 Å². The number of nitrogens with zero attached hydrogens (tertiary/aromatic N) is 4. The largest absolute Gasteiger partial charge is 0.342 e. The lowest BCUT2D eigenvalue weighted by Gasteiger charge is -2.15. The Labute approximate surface area is 163 Å². The van der Waals surface area contributed by atoms with E-state index in [1.54, 1.807) is 4.90 Å². The first kappa shape index (κ1) is 18.0. The highest BCUT2D eigenvalue weighted by Gasteiger charge is 2.12. The fourth-order valence-corrected chi connectivity index (χ4v) is 3.25. The van der Waals surface area contributed by atoms with Crippen molar-refractivity contribution in [1.29, 1.82) is 0 Å². The van der Waals surface area contributed by atoms with Crippen LogP contribution in [0.2, 0.25) is 0 Å². The molecule has 28 heavy (non-hydrogen) atoms. The van der Waals surface area contributed by atoms with Crippen LogP contribution in [-0.2, 0) is 24.3 Å². The van der Waals surface area contributed by atoms with Crippen molar-refractivity contribution in [3.8, 4) is 0 Å². The standard InChI is InChI=1S/C22H23N5O/c1-26(14-18-13-23-27(16-18)15-17-7-3-2-4-8-17)22(28)12-11-21-24-19-9-5-6-10-20(19)25-21/h2-10,13,16H,11-12,14-15H2,1H3,(H,24,25). The normalized spacial score (nSPS) is 11.0. The van der Waals surface area contributed by atoms with Gasteiger partial charge >= 0.3 is 0 Å². The second-order valence-corrected chi connectivity index (χ2v) is 6.98. The van der Waals surface area contributed by atoms with Crippen molar-refractivity contribution in [3.05, 3.63) is 83.9 Å². The molecule has 1 amide bonds. The summed E-state index contributed by atoms with van der Waals surface area (Å²) < 4.78 is 1.90. The number of amides is 1. The number of para-hydroxylation sites is 2. The summed E-state index contributed by atoms with van der Waals surface area (Å²) >= 11 is 0. The molecule has 6 nitrogen and oxygen atoms in total. The molecule has 0 fully saturated rings. The van der Waals surface area contributed by atoms with E-state index in [-0.39, 0.29) is 5.91 Å². The third-order valence-corrected chi connectivity index (χ3v) is 4.73. The summed E-state index contributed by atoms with van der Waals surface area (Å²) in [6.45, 7) is 1.28. The fraction of sp³-hybridized carbons (Fsp3) is 0.227. The Morgan fingerprint density at radius 3 is 2.68 bits per heavy atom. The molecule has 0 aliphatic heterocycles. The molecule has 0 aliphatic carbocycles. The Balaban J connectivity index is 1.30. The summed E-state index contributed by atoms with van der Waals surface area (Å²) in [5, 5.41) is 4.41. The number of aromatic nitrogens is 4. The summed E-state index contributed by atoms with van der Waals surface area (Å²) in [7, 11) is 1.83. The van der Waals surface area contributed by atoms with E-state index in [2.05, 4.69) is 27.2 Å². The maximum atomic E-state index is 12.5. The smallest absolute Gasteiger partial charge is 0.223 e. The van der Waals surface area contributed by atoms with Gasteiger partial charge in [0.05, 0.1) is 23.8 Å². The second-order valence-electron chi connectivity index (χ2n) is 6.98. The Kier molecular flexibility index (Phi) is 5.19. The van der Waals surface area contributed by atoms with E-state index < -0.39 is 0 Å². The second kappa shape index (κ2) is 8.08. The van der Waals surface area contributed by atoms with Gasteiger partial charge in [0.2, 0.25) is 5.91 Å². The quantitative estimate of drug-likeness (QED) is 0.540. The van der Waals surface area contributed by atoms with Gasteiger partial charge in [0.1, 0.15) is 5.82 Å². The van der Waals surface area contributed by atoms with E-state index in [0.29, 0.717) is 19.4 Å². The number of aryl methyl sites for hydroxylation is 1. The van der Waals surface area contributed by atoms with Gasteiger partial charge in [-0.1, -0.05) is 42.5 Å². The summed E-state index contributed by atoms with van der Waals surface area (Å²) in [5.41, 5.74) is 4.16. The highest BCUT2D eigenvalue weighted by Crippen LogP contribution is 2.12. The lowest BCUT2D eigenvalue weighted by Crippen LogP contribution is -2.26. The minimum Gasteiger partial charge on any atom is -0.342 e. The Hall–Kier alpha value is -3.41. The average Bonchev–Trinajstić information content (AvgIpc) is 3.33. The maximum absolute atomic E-state index is 12.5. The third-order valence-electron chi connectivity index (χ3n) is 4.73. The van der Waals surface area contributed by atoms with Crippen molar-refractivity contribution in [2.24, 2.45) is 0 Å². The van der Waals surface area contributed by atoms with Gasteiger partial charge in [-0.2, -0.15) is 5.10 Å². The fourth-order valence-electron chi connectivity index (χ4n) is 3.25. The highest BCUT2D eigenvalue weighted by molar-refractivity contribution is 5.77. The number of carbonyl (C=O) groups is 1. The SMILES string of the molecule is CN(Cc1cnn(Cc2ccccc2)c1)C(=O)CCc1nc2ccccc2[nH]1. The monoisotopic (exact) mass is 373 g/mol. The number of hydrogen-bond donors (Lipinski definition) is 1. The van der Waals surface area contributed by atoms with Crippen molar-refractivity contribution in [1.82, 2.24) is 24.6 Å². The molecule has 2 aromatic carbocycles. The van der Waals surface area contributed by atoms with Gasteiger partial charge in [-0.3, -0.25) is 9.48 Å². The molecule has 2 aromatic heterocycles. The molecule has 6 heteroatoms. The van der Waals surface area contributed by atoms with Crippen LogP contribution >= 0.6 is 0 Å². The number of fused-ring (bicyclic) bond motifs is 1. The number of rotatable bonds is 7. The van der Waals surface area contributed by atoms with E-state index in [1.165, 1.54) is 5.56 Å². The van der Waals surface area contributed by atoms with Gasteiger partial charge in [-0.05, 0) is 17.7 Å². The predicted molar refractivity (Wildman–Crippen MR) is 109 cm³/mol. The van der Waals surface area contributed by atoms with Crippen LogP contribution in [0.25, 0.3) is 11.0 Å². The molecule has 2 heterocycles. The number of aromatic amines is 1. The van der Waals surface area contributed by atoms with Crippen LogP contribution in [-0.4, -0.2) is 37.6 Å². The third kappa shape index (κ3) is 4.28. The first-order valence-electron chi connectivity index (χ1n) is 9.40. The molecule has 0 saturated heterocycles. The molecule has 0 aliphatic rings. The van der Waals surface area contributed by atoms with Gasteiger partial charge in [-0.15, -0.1) is 0 Å². The Morgan fingerprint density at radius 2 is 1.86 bits per heavy atom. The summed E-state index contributed by atoms with van der Waals surface area (Å²) in [6.07, 6.45) is 4.85. The molecule has 0 saturated carbocycles. The number of nitrogens with one attached hydrogen (secondary N) is 1. The molecule has 0 unspecified atom stereocenters. The molecule has 1 N–H and O–H groups in total. The van der Waals surface area contributed by atoms with Crippen LogP contribution in [0.1, 0.15) is 23.4 Å². The van der Waals surface area contributed by atoms with Crippen LogP contribution in [0, 0.1) is 0 Å². The predicted octanol–water partition coefficient (Wildman–Crippen LogP) is 3.40. The zero-order valence-electron chi connectivity index (χ0n) is 15.9. The lowest BCUT2D eigenvalue weighted by molar-refractivity contribution is -0.130. The van der Waals surface area contributed by atoms with E-state index >= 15 is 0 Å². The van der Waals surface area contributed by atoms with Crippen molar-refractivity contribution >= 4 is 16.9 Å². The van der Waals surface area contributed by atoms with Gasteiger partial charge in [0, 0.05) is 38.2 Å².